The highest BCUT2D eigenvalue weighted by Crippen LogP contribution is 2.33. The van der Waals surface area contributed by atoms with Crippen LogP contribution < -0.4 is 16.1 Å². The summed E-state index contributed by atoms with van der Waals surface area (Å²) in [5, 5.41) is 8.48. The predicted molar refractivity (Wildman–Crippen MR) is 144 cm³/mol. The Bertz CT molecular complexity index is 1230. The average molecular weight is 487 g/mol. The fourth-order valence-electron chi connectivity index (χ4n) is 4.48. The highest BCUT2D eigenvalue weighted by molar-refractivity contribution is 5.91. The number of nitrogens with one attached hydrogen (secondary N) is 3. The van der Waals surface area contributed by atoms with E-state index in [-0.39, 0.29) is 12.6 Å². The molecular weight excluding hydrogens is 455 g/mol. The molecule has 0 bridgehead atoms. The second-order valence-corrected chi connectivity index (χ2v) is 9.14. The molecule has 3 heterocycles. The van der Waals surface area contributed by atoms with Crippen molar-refractivity contribution in [3.8, 4) is 0 Å². The molecule has 0 radical (unpaired) electrons. The molecule has 36 heavy (non-hydrogen) atoms. The van der Waals surface area contributed by atoms with E-state index in [0.29, 0.717) is 19.0 Å². The molecule has 0 aliphatic carbocycles. The Hall–Kier alpha value is -3.91. The molecule has 2 aromatic carbocycles. The number of likely N-dealkylation sites (tertiary alicyclic amines) is 1. The Morgan fingerprint density at radius 2 is 1.92 bits per heavy atom. The van der Waals surface area contributed by atoms with Crippen LogP contribution in [-0.2, 0) is 4.79 Å². The van der Waals surface area contributed by atoms with E-state index in [0.717, 1.165) is 53.4 Å². The van der Waals surface area contributed by atoms with Gasteiger partial charge in [-0.2, -0.15) is 0 Å². The fourth-order valence-corrected chi connectivity index (χ4v) is 4.48. The summed E-state index contributed by atoms with van der Waals surface area (Å²) in [6, 6.07) is 16.4. The molecule has 3 aliphatic heterocycles. The lowest BCUT2D eigenvalue weighted by Gasteiger charge is -2.39. The van der Waals surface area contributed by atoms with Gasteiger partial charge in [-0.05, 0) is 53.6 Å². The molecule has 0 unspecified atom stereocenters. The van der Waals surface area contributed by atoms with E-state index in [4.69, 9.17) is 0 Å². The third-order valence-corrected chi connectivity index (χ3v) is 6.46. The number of amides is 1. The van der Waals surface area contributed by atoms with Crippen molar-refractivity contribution in [1.82, 2.24) is 9.91 Å². The quantitative estimate of drug-likeness (QED) is 0.464. The molecule has 3 aliphatic rings. The van der Waals surface area contributed by atoms with Crippen molar-refractivity contribution in [1.29, 1.82) is 0 Å². The molecule has 1 fully saturated rings. The van der Waals surface area contributed by atoms with Gasteiger partial charge in [0.1, 0.15) is 6.67 Å². The monoisotopic (exact) mass is 486 g/mol. The Labute approximate surface area is 211 Å². The first-order valence-electron chi connectivity index (χ1n) is 12.4. The molecule has 0 atom stereocenters. The molecule has 0 spiro atoms. The average Bonchev–Trinajstić information content (AvgIpc) is 2.88. The zero-order valence-electron chi connectivity index (χ0n) is 20.4. The SMILES string of the molecule is CCC(=O)Nc1cccc(C2=CC3=CN=CCC3=CN2Nc2ccc(NC3CN(CCF)C3)cc2)c1. The van der Waals surface area contributed by atoms with Crippen LogP contribution >= 0.6 is 0 Å². The number of nitrogens with zero attached hydrogens (tertiary/aromatic N) is 3. The van der Waals surface area contributed by atoms with Gasteiger partial charge >= 0.3 is 0 Å². The lowest BCUT2D eigenvalue weighted by molar-refractivity contribution is -0.115. The first-order valence-corrected chi connectivity index (χ1v) is 12.4. The summed E-state index contributed by atoms with van der Waals surface area (Å²) in [7, 11) is 0. The molecule has 0 aromatic heterocycles. The second kappa shape index (κ2) is 10.8. The first kappa shape index (κ1) is 23.8. The number of hydrogen-bond acceptors (Lipinski definition) is 6. The highest BCUT2D eigenvalue weighted by atomic mass is 19.1. The summed E-state index contributed by atoms with van der Waals surface area (Å²) >= 11 is 0. The number of anilines is 3. The number of hydrazine groups is 1. The van der Waals surface area contributed by atoms with Crippen LogP contribution in [0.1, 0.15) is 25.3 Å². The van der Waals surface area contributed by atoms with Crippen LogP contribution in [0.5, 0.6) is 0 Å². The number of aliphatic imine (C=N–C) groups is 1. The van der Waals surface area contributed by atoms with Gasteiger partial charge < -0.3 is 10.6 Å². The summed E-state index contributed by atoms with van der Waals surface area (Å²) < 4.78 is 12.5. The Kier molecular flexibility index (Phi) is 7.13. The summed E-state index contributed by atoms with van der Waals surface area (Å²) in [5.41, 5.74) is 10.5. The van der Waals surface area contributed by atoms with Crippen molar-refractivity contribution in [3.05, 3.63) is 83.7 Å². The van der Waals surface area contributed by atoms with Gasteiger partial charge in [0.25, 0.3) is 0 Å². The lowest BCUT2D eigenvalue weighted by Crippen LogP contribution is -2.55. The fraction of sp³-hybridized carbons (Fsp3) is 0.286. The Morgan fingerprint density at radius 3 is 2.69 bits per heavy atom. The predicted octanol–water partition coefficient (Wildman–Crippen LogP) is 5.03. The minimum Gasteiger partial charge on any atom is -0.380 e. The van der Waals surface area contributed by atoms with Crippen molar-refractivity contribution in [2.24, 2.45) is 4.99 Å². The maximum absolute atomic E-state index is 12.5. The minimum absolute atomic E-state index is 0.0167. The number of halogens is 1. The molecule has 186 valence electrons. The van der Waals surface area contributed by atoms with Gasteiger partial charge in [-0.1, -0.05) is 19.1 Å². The number of rotatable bonds is 9. The van der Waals surface area contributed by atoms with E-state index in [1.165, 1.54) is 5.57 Å². The van der Waals surface area contributed by atoms with E-state index in [9.17, 15) is 9.18 Å². The van der Waals surface area contributed by atoms with E-state index in [1.54, 1.807) is 0 Å². The zero-order valence-corrected chi connectivity index (χ0v) is 20.4. The van der Waals surface area contributed by atoms with Gasteiger partial charge in [-0.15, -0.1) is 0 Å². The summed E-state index contributed by atoms with van der Waals surface area (Å²) in [4.78, 5) is 18.4. The summed E-state index contributed by atoms with van der Waals surface area (Å²) in [6.45, 7) is 3.80. The molecule has 1 saturated heterocycles. The van der Waals surface area contributed by atoms with Crippen molar-refractivity contribution in [3.63, 3.8) is 0 Å². The molecule has 8 heteroatoms. The first-order chi connectivity index (χ1) is 17.6. The van der Waals surface area contributed by atoms with Crippen molar-refractivity contribution >= 4 is 34.9 Å². The molecule has 5 rings (SSSR count). The third-order valence-electron chi connectivity index (χ3n) is 6.46. The number of benzene rings is 2. The molecule has 1 amide bonds. The van der Waals surface area contributed by atoms with Crippen molar-refractivity contribution in [2.45, 2.75) is 25.8 Å². The normalized spacial score (nSPS) is 17.4. The standard InChI is InChI=1S/C28H31FN6O/c1-2-28(36)32-25-5-3-4-20(14-25)27-15-22-16-30-12-10-21(22)17-35(27)33-24-8-6-23(7-9-24)31-26-18-34(19-26)13-11-29/h3-9,12,14-17,26,31,33H,2,10-11,13,18-19H2,1H3,(H,32,36). The molecule has 2 aromatic rings. The lowest BCUT2D eigenvalue weighted by atomic mass is 9.97. The van der Waals surface area contributed by atoms with E-state index < -0.39 is 0 Å². The maximum atomic E-state index is 12.5. The second-order valence-electron chi connectivity index (χ2n) is 9.14. The smallest absolute Gasteiger partial charge is 0.224 e. The van der Waals surface area contributed by atoms with Gasteiger partial charge in [0, 0.05) is 68.0 Å². The number of fused-ring (bicyclic) bond motifs is 1. The van der Waals surface area contributed by atoms with Crippen LogP contribution in [0.2, 0.25) is 0 Å². The van der Waals surface area contributed by atoms with E-state index in [1.807, 2.05) is 60.7 Å². The van der Waals surface area contributed by atoms with E-state index >= 15 is 0 Å². The van der Waals surface area contributed by atoms with Gasteiger partial charge in [0.15, 0.2) is 0 Å². The van der Waals surface area contributed by atoms with Gasteiger partial charge in [0.2, 0.25) is 5.91 Å². The van der Waals surface area contributed by atoms with Crippen LogP contribution in [0.15, 0.2) is 83.1 Å². The minimum atomic E-state index is -0.294. The third kappa shape index (κ3) is 5.49. The molecule has 0 saturated carbocycles. The van der Waals surface area contributed by atoms with Crippen LogP contribution in [0.4, 0.5) is 21.5 Å². The number of allylic oxidation sites excluding steroid dienone is 3. The maximum Gasteiger partial charge on any atom is 0.224 e. The van der Waals surface area contributed by atoms with Gasteiger partial charge in [0.05, 0.1) is 17.4 Å². The Morgan fingerprint density at radius 1 is 1.11 bits per heavy atom. The number of carbonyl (C=O) groups excluding carboxylic acids is 1. The largest absolute Gasteiger partial charge is 0.380 e. The zero-order chi connectivity index (χ0) is 24.9. The van der Waals surface area contributed by atoms with Crippen molar-refractivity contribution in [2.75, 3.05) is 42.4 Å². The van der Waals surface area contributed by atoms with Crippen LogP contribution in [0, 0.1) is 0 Å². The molecule has 3 N–H and O–H groups in total. The molecule has 7 nitrogen and oxygen atoms in total. The van der Waals surface area contributed by atoms with E-state index in [2.05, 4.69) is 50.4 Å². The topological polar surface area (TPSA) is 72.0 Å². The summed E-state index contributed by atoms with van der Waals surface area (Å²) in [6.07, 6.45) is 9.20. The highest BCUT2D eigenvalue weighted by Gasteiger charge is 2.26. The number of hydrogen-bond donors (Lipinski definition) is 3. The van der Waals surface area contributed by atoms with Crippen LogP contribution in [0.3, 0.4) is 0 Å². The Balaban J connectivity index is 1.32. The van der Waals surface area contributed by atoms with Crippen LogP contribution in [-0.4, -0.2) is 54.4 Å². The summed E-state index contributed by atoms with van der Waals surface area (Å²) in [5.74, 6) is -0.0167. The van der Waals surface area contributed by atoms with Crippen molar-refractivity contribution < 1.29 is 9.18 Å². The van der Waals surface area contributed by atoms with Gasteiger partial charge in [-0.3, -0.25) is 25.1 Å². The molecular formula is C28H31FN6O. The number of carbonyl (C=O) groups is 1. The number of alkyl halides is 1. The van der Waals surface area contributed by atoms with Gasteiger partial charge in [-0.25, -0.2) is 4.39 Å². The van der Waals surface area contributed by atoms with Crippen LogP contribution in [0.25, 0.3) is 5.70 Å².